The molecule has 2 unspecified atom stereocenters. The molecular weight excluding hydrogens is 268 g/mol. The third-order valence-electron chi connectivity index (χ3n) is 3.74. The van der Waals surface area contributed by atoms with Gasteiger partial charge in [-0.3, -0.25) is 4.79 Å². The number of benzene rings is 1. The Morgan fingerprint density at radius 1 is 1.40 bits per heavy atom. The summed E-state index contributed by atoms with van der Waals surface area (Å²) in [4.78, 5) is 12.4. The maximum atomic E-state index is 11.0. The van der Waals surface area contributed by atoms with Crippen molar-refractivity contribution in [1.82, 2.24) is 5.32 Å². The summed E-state index contributed by atoms with van der Waals surface area (Å²) < 4.78 is 0. The van der Waals surface area contributed by atoms with Gasteiger partial charge in [-0.25, -0.2) is 0 Å². The summed E-state index contributed by atoms with van der Waals surface area (Å²) in [7, 11) is 0. The lowest BCUT2D eigenvalue weighted by Gasteiger charge is -2.03. The van der Waals surface area contributed by atoms with Crippen LogP contribution in [0.15, 0.2) is 35.7 Å². The molecule has 0 bridgehead atoms. The van der Waals surface area contributed by atoms with Gasteiger partial charge in [0, 0.05) is 28.9 Å². The largest absolute Gasteiger partial charge is 0.366 e. The maximum Gasteiger partial charge on any atom is 0.248 e. The third kappa shape index (κ3) is 2.92. The Hall–Kier alpha value is -1.65. The number of aryl methyl sites for hydroxylation is 1. The fraction of sp³-hybridized carbons (Fsp3) is 0.312. The van der Waals surface area contributed by atoms with Crippen LogP contribution in [0, 0.1) is 6.92 Å². The minimum absolute atomic E-state index is 0.366. The monoisotopic (exact) mass is 286 g/mol. The number of hydrogen-bond donors (Lipinski definition) is 2. The Morgan fingerprint density at radius 3 is 2.75 bits per heavy atom. The molecule has 0 aliphatic heterocycles. The normalized spacial score (nSPS) is 20.9. The highest BCUT2D eigenvalue weighted by Crippen LogP contribution is 2.41. The van der Waals surface area contributed by atoms with Crippen molar-refractivity contribution in [3.05, 3.63) is 57.3 Å². The molecule has 0 radical (unpaired) electrons. The fourth-order valence-corrected chi connectivity index (χ4v) is 3.32. The van der Waals surface area contributed by atoms with Gasteiger partial charge in [0.1, 0.15) is 0 Å². The van der Waals surface area contributed by atoms with Gasteiger partial charge in [0.2, 0.25) is 5.91 Å². The van der Waals surface area contributed by atoms with E-state index >= 15 is 0 Å². The lowest BCUT2D eigenvalue weighted by atomic mass is 10.1. The van der Waals surface area contributed by atoms with E-state index in [1.165, 1.54) is 22.4 Å². The zero-order chi connectivity index (χ0) is 14.1. The molecule has 3 N–H and O–H groups in total. The number of primary amides is 1. The van der Waals surface area contributed by atoms with Gasteiger partial charge in [0.15, 0.2) is 0 Å². The van der Waals surface area contributed by atoms with Crippen molar-refractivity contribution < 1.29 is 4.79 Å². The van der Waals surface area contributed by atoms with E-state index in [0.717, 1.165) is 6.54 Å². The second kappa shape index (κ2) is 5.38. The SMILES string of the molecule is Cc1csc(CNC2CC2c2ccc(C(N)=O)cc2)c1. The molecule has 1 aliphatic rings. The minimum atomic E-state index is -0.366. The van der Waals surface area contributed by atoms with Crippen molar-refractivity contribution in [3.8, 4) is 0 Å². The second-order valence-corrected chi connectivity index (χ2v) is 6.40. The molecule has 20 heavy (non-hydrogen) atoms. The van der Waals surface area contributed by atoms with E-state index in [2.05, 4.69) is 23.7 Å². The molecule has 1 aromatic heterocycles. The van der Waals surface area contributed by atoms with Gasteiger partial charge in [0.05, 0.1) is 0 Å². The molecule has 104 valence electrons. The van der Waals surface area contributed by atoms with Crippen LogP contribution in [-0.4, -0.2) is 11.9 Å². The Bertz CT molecular complexity index is 618. The summed E-state index contributed by atoms with van der Waals surface area (Å²) in [5, 5.41) is 5.78. The number of rotatable bonds is 5. The molecule has 3 rings (SSSR count). The first kappa shape index (κ1) is 13.3. The van der Waals surface area contributed by atoms with E-state index in [0.29, 0.717) is 17.5 Å². The molecule has 2 atom stereocenters. The van der Waals surface area contributed by atoms with Crippen LogP contribution in [0.5, 0.6) is 0 Å². The van der Waals surface area contributed by atoms with E-state index in [4.69, 9.17) is 5.73 Å². The summed E-state index contributed by atoms with van der Waals surface area (Å²) in [6.45, 7) is 3.07. The molecule has 0 saturated heterocycles. The molecule has 0 spiro atoms. The molecule has 3 nitrogen and oxygen atoms in total. The standard InChI is InChI=1S/C16H18N2OS/c1-10-6-13(20-9-10)8-18-15-7-14(15)11-2-4-12(5-3-11)16(17)19/h2-6,9,14-15,18H,7-8H2,1H3,(H2,17,19). The number of carbonyl (C=O) groups excluding carboxylic acids is 1. The van der Waals surface area contributed by atoms with Gasteiger partial charge in [-0.15, -0.1) is 11.3 Å². The van der Waals surface area contributed by atoms with Gasteiger partial charge >= 0.3 is 0 Å². The molecule has 1 amide bonds. The molecule has 1 aliphatic carbocycles. The first-order valence-corrected chi connectivity index (χ1v) is 7.68. The van der Waals surface area contributed by atoms with Crippen molar-refractivity contribution in [2.24, 2.45) is 5.73 Å². The highest BCUT2D eigenvalue weighted by atomic mass is 32.1. The second-order valence-electron chi connectivity index (χ2n) is 5.41. The number of nitrogens with one attached hydrogen (secondary N) is 1. The molecular formula is C16H18N2OS. The summed E-state index contributed by atoms with van der Waals surface area (Å²) >= 11 is 1.81. The molecule has 4 heteroatoms. The van der Waals surface area contributed by atoms with Crippen molar-refractivity contribution in [2.45, 2.75) is 31.8 Å². The van der Waals surface area contributed by atoms with Gasteiger partial charge < -0.3 is 11.1 Å². The molecule has 1 aromatic carbocycles. The highest BCUT2D eigenvalue weighted by Gasteiger charge is 2.37. The predicted octanol–water partition coefficient (Wildman–Crippen LogP) is 2.80. The summed E-state index contributed by atoms with van der Waals surface area (Å²) in [6.07, 6.45) is 1.17. The van der Waals surface area contributed by atoms with E-state index in [-0.39, 0.29) is 5.91 Å². The van der Waals surface area contributed by atoms with Gasteiger partial charge in [0.25, 0.3) is 0 Å². The smallest absolute Gasteiger partial charge is 0.248 e. The van der Waals surface area contributed by atoms with Crippen molar-refractivity contribution in [2.75, 3.05) is 0 Å². The number of thiophene rings is 1. The molecule has 1 saturated carbocycles. The molecule has 2 aromatic rings. The van der Waals surface area contributed by atoms with Crippen molar-refractivity contribution in [1.29, 1.82) is 0 Å². The molecule has 1 heterocycles. The lowest BCUT2D eigenvalue weighted by molar-refractivity contribution is 0.100. The van der Waals surface area contributed by atoms with Crippen LogP contribution in [0.2, 0.25) is 0 Å². The zero-order valence-electron chi connectivity index (χ0n) is 11.4. The number of hydrogen-bond acceptors (Lipinski definition) is 3. The Balaban J connectivity index is 1.54. The topological polar surface area (TPSA) is 55.1 Å². The number of carbonyl (C=O) groups is 1. The van der Waals surface area contributed by atoms with Crippen LogP contribution in [-0.2, 0) is 6.54 Å². The average Bonchev–Trinajstić information content (AvgIpc) is 3.11. The minimum Gasteiger partial charge on any atom is -0.366 e. The molecule has 1 fully saturated rings. The van der Waals surface area contributed by atoms with Crippen LogP contribution in [0.4, 0.5) is 0 Å². The average molecular weight is 286 g/mol. The van der Waals surface area contributed by atoms with Gasteiger partial charge in [-0.1, -0.05) is 12.1 Å². The van der Waals surface area contributed by atoms with Crippen molar-refractivity contribution >= 4 is 17.2 Å². The van der Waals surface area contributed by atoms with E-state index in [1.54, 1.807) is 0 Å². The van der Waals surface area contributed by atoms with Gasteiger partial charge in [-0.2, -0.15) is 0 Å². The van der Waals surface area contributed by atoms with Gasteiger partial charge in [-0.05, 0) is 48.1 Å². The van der Waals surface area contributed by atoms with Crippen LogP contribution >= 0.6 is 11.3 Å². The Morgan fingerprint density at radius 2 is 2.15 bits per heavy atom. The summed E-state index contributed by atoms with van der Waals surface area (Å²) in [6, 6.07) is 10.4. The first-order valence-electron chi connectivity index (χ1n) is 6.80. The van der Waals surface area contributed by atoms with E-state index in [1.807, 2.05) is 35.6 Å². The third-order valence-corrected chi connectivity index (χ3v) is 4.79. The van der Waals surface area contributed by atoms with E-state index in [9.17, 15) is 4.79 Å². The quantitative estimate of drug-likeness (QED) is 0.888. The summed E-state index contributed by atoms with van der Waals surface area (Å²) in [5.41, 5.74) is 8.44. The maximum absolute atomic E-state index is 11.0. The summed E-state index contributed by atoms with van der Waals surface area (Å²) in [5.74, 6) is 0.202. The zero-order valence-corrected chi connectivity index (χ0v) is 12.2. The predicted molar refractivity (Wildman–Crippen MR) is 82.0 cm³/mol. The van der Waals surface area contributed by atoms with Crippen molar-refractivity contribution in [3.63, 3.8) is 0 Å². The van der Waals surface area contributed by atoms with Crippen LogP contribution in [0.1, 0.15) is 38.7 Å². The van der Waals surface area contributed by atoms with Crippen LogP contribution in [0.25, 0.3) is 0 Å². The van der Waals surface area contributed by atoms with Crippen LogP contribution < -0.4 is 11.1 Å². The number of nitrogens with two attached hydrogens (primary N) is 1. The van der Waals surface area contributed by atoms with Crippen LogP contribution in [0.3, 0.4) is 0 Å². The first-order chi connectivity index (χ1) is 9.63. The number of amides is 1. The Kier molecular flexibility index (Phi) is 3.59. The lowest BCUT2D eigenvalue weighted by Crippen LogP contribution is -2.16. The highest BCUT2D eigenvalue weighted by molar-refractivity contribution is 7.10. The fourth-order valence-electron chi connectivity index (χ4n) is 2.50. The van der Waals surface area contributed by atoms with E-state index < -0.39 is 0 Å². The Labute approximate surface area is 122 Å².